The van der Waals surface area contributed by atoms with Crippen LogP contribution in [0.25, 0.3) is 10.9 Å². The molecule has 2 N–H and O–H groups in total. The highest BCUT2D eigenvalue weighted by molar-refractivity contribution is 6.06. The maximum atomic E-state index is 12.4. The molecule has 1 saturated heterocycles. The van der Waals surface area contributed by atoms with Crippen molar-refractivity contribution >= 4 is 16.8 Å². The average molecular weight is 253 g/mol. The molecule has 2 fully saturated rings. The molecule has 2 heterocycles. The first-order chi connectivity index (χ1) is 9.34. The minimum atomic E-state index is 0.0259. The quantitative estimate of drug-likeness (QED) is 0.845. The van der Waals surface area contributed by atoms with E-state index in [4.69, 9.17) is 0 Å². The van der Waals surface area contributed by atoms with Crippen LogP contribution in [0.3, 0.4) is 0 Å². The number of hydrogen-bond donors (Lipinski definition) is 2. The summed E-state index contributed by atoms with van der Waals surface area (Å²) in [6.07, 6.45) is 1.75. The number of fused-ring (bicyclic) bond motifs is 2. The van der Waals surface area contributed by atoms with Crippen LogP contribution in [-0.2, 0) is 0 Å². The predicted octanol–water partition coefficient (Wildman–Crippen LogP) is 1.18. The van der Waals surface area contributed by atoms with Crippen LogP contribution in [-0.4, -0.2) is 30.0 Å². The Labute approximate surface area is 111 Å². The molecule has 0 radical (unpaired) electrons. The predicted molar refractivity (Wildman–Crippen MR) is 72.8 cm³/mol. The van der Waals surface area contributed by atoms with Gasteiger partial charge in [0.1, 0.15) is 0 Å². The molecular formula is C15H15N3O. The van der Waals surface area contributed by atoms with Gasteiger partial charge in [-0.15, -0.1) is 0 Å². The molecule has 1 aromatic heterocycles. The lowest BCUT2D eigenvalue weighted by atomic mass is 10.1. The molecule has 4 nitrogen and oxygen atoms in total. The summed E-state index contributed by atoms with van der Waals surface area (Å²) in [7, 11) is 0. The van der Waals surface area contributed by atoms with Crippen molar-refractivity contribution in [2.75, 3.05) is 13.1 Å². The number of nitrogens with zero attached hydrogens (tertiary/aromatic N) is 1. The number of hydrogen-bond acceptors (Lipinski definition) is 3. The molecular weight excluding hydrogens is 238 g/mol. The van der Waals surface area contributed by atoms with Crippen molar-refractivity contribution in [2.45, 2.75) is 6.04 Å². The Morgan fingerprint density at radius 1 is 1.21 bits per heavy atom. The van der Waals surface area contributed by atoms with Crippen LogP contribution < -0.4 is 10.6 Å². The zero-order valence-electron chi connectivity index (χ0n) is 10.5. The molecule has 1 aliphatic carbocycles. The van der Waals surface area contributed by atoms with Crippen LogP contribution in [0.5, 0.6) is 0 Å². The molecule has 2 aromatic rings. The van der Waals surface area contributed by atoms with E-state index in [1.807, 2.05) is 30.3 Å². The third kappa shape index (κ3) is 1.71. The van der Waals surface area contributed by atoms with Gasteiger partial charge in [0.05, 0.1) is 5.52 Å². The second-order valence-corrected chi connectivity index (χ2v) is 5.36. The van der Waals surface area contributed by atoms with E-state index in [0.29, 0.717) is 17.9 Å². The van der Waals surface area contributed by atoms with Crippen molar-refractivity contribution in [3.8, 4) is 0 Å². The van der Waals surface area contributed by atoms with E-state index in [1.165, 1.54) is 0 Å². The number of aromatic nitrogens is 1. The molecule has 1 amide bonds. The van der Waals surface area contributed by atoms with Gasteiger partial charge in [0.25, 0.3) is 5.91 Å². The molecule has 2 atom stereocenters. The largest absolute Gasteiger partial charge is 0.349 e. The first kappa shape index (κ1) is 10.9. The fourth-order valence-corrected chi connectivity index (χ4v) is 3.16. The highest BCUT2D eigenvalue weighted by Gasteiger charge is 2.53. The van der Waals surface area contributed by atoms with Gasteiger partial charge in [0.2, 0.25) is 0 Å². The summed E-state index contributed by atoms with van der Waals surface area (Å²) in [5.74, 6) is 1.30. The SMILES string of the molecule is O=C(NC1C2CNCC21)c1cccc2ncccc12. The second kappa shape index (κ2) is 4.03. The van der Waals surface area contributed by atoms with Crippen LogP contribution in [0.4, 0.5) is 0 Å². The summed E-state index contributed by atoms with van der Waals surface area (Å²) < 4.78 is 0. The molecule has 1 aromatic carbocycles. The highest BCUT2D eigenvalue weighted by Crippen LogP contribution is 2.41. The van der Waals surface area contributed by atoms with Gasteiger partial charge in [-0.05, 0) is 30.0 Å². The van der Waals surface area contributed by atoms with Gasteiger partial charge >= 0.3 is 0 Å². The number of rotatable bonds is 2. The lowest BCUT2D eigenvalue weighted by molar-refractivity contribution is 0.0948. The summed E-state index contributed by atoms with van der Waals surface area (Å²) in [6.45, 7) is 2.07. The minimum Gasteiger partial charge on any atom is -0.349 e. The van der Waals surface area contributed by atoms with E-state index in [-0.39, 0.29) is 5.91 Å². The molecule has 1 saturated carbocycles. The molecule has 4 heteroatoms. The van der Waals surface area contributed by atoms with Crippen LogP contribution in [0.15, 0.2) is 36.5 Å². The van der Waals surface area contributed by atoms with Crippen LogP contribution >= 0.6 is 0 Å². The van der Waals surface area contributed by atoms with Gasteiger partial charge in [0.15, 0.2) is 0 Å². The van der Waals surface area contributed by atoms with E-state index in [1.54, 1.807) is 6.20 Å². The van der Waals surface area contributed by atoms with E-state index in [0.717, 1.165) is 29.6 Å². The topological polar surface area (TPSA) is 54.0 Å². The van der Waals surface area contributed by atoms with Crippen molar-refractivity contribution in [1.82, 2.24) is 15.6 Å². The molecule has 0 bridgehead atoms. The first-order valence-corrected chi connectivity index (χ1v) is 6.70. The zero-order valence-corrected chi connectivity index (χ0v) is 10.5. The highest BCUT2D eigenvalue weighted by atomic mass is 16.1. The zero-order chi connectivity index (χ0) is 12.8. The van der Waals surface area contributed by atoms with Gasteiger partial charge in [-0.3, -0.25) is 9.78 Å². The van der Waals surface area contributed by atoms with Gasteiger partial charge < -0.3 is 10.6 Å². The Hall–Kier alpha value is -1.94. The van der Waals surface area contributed by atoms with Crippen LogP contribution in [0, 0.1) is 11.8 Å². The average Bonchev–Trinajstić information content (AvgIpc) is 2.88. The molecule has 2 unspecified atom stereocenters. The van der Waals surface area contributed by atoms with Crippen LogP contribution in [0.1, 0.15) is 10.4 Å². The molecule has 0 spiro atoms. The van der Waals surface area contributed by atoms with Crippen molar-refractivity contribution in [1.29, 1.82) is 0 Å². The van der Waals surface area contributed by atoms with Gasteiger partial charge in [-0.25, -0.2) is 0 Å². The fourth-order valence-electron chi connectivity index (χ4n) is 3.16. The monoisotopic (exact) mass is 253 g/mol. The summed E-state index contributed by atoms with van der Waals surface area (Å²) >= 11 is 0. The summed E-state index contributed by atoms with van der Waals surface area (Å²) in [6, 6.07) is 9.87. The fraction of sp³-hybridized carbons (Fsp3) is 0.333. The third-order valence-electron chi connectivity index (χ3n) is 4.28. The maximum absolute atomic E-state index is 12.4. The molecule has 96 valence electrons. The standard InChI is InChI=1S/C15H15N3O/c19-15(18-14-11-7-16-8-12(11)14)10-3-1-5-13-9(10)4-2-6-17-13/h1-6,11-12,14,16H,7-8H2,(H,18,19). The van der Waals surface area contributed by atoms with E-state index >= 15 is 0 Å². The lowest BCUT2D eigenvalue weighted by Gasteiger charge is -2.09. The van der Waals surface area contributed by atoms with Crippen molar-refractivity contribution in [2.24, 2.45) is 11.8 Å². The lowest BCUT2D eigenvalue weighted by Crippen LogP contribution is -2.32. The number of nitrogens with one attached hydrogen (secondary N) is 2. The van der Waals surface area contributed by atoms with Crippen LogP contribution in [0.2, 0.25) is 0 Å². The second-order valence-electron chi connectivity index (χ2n) is 5.36. The number of piperidine rings is 1. The van der Waals surface area contributed by atoms with E-state index < -0.39 is 0 Å². The third-order valence-corrected chi connectivity index (χ3v) is 4.28. The van der Waals surface area contributed by atoms with Gasteiger partial charge in [-0.2, -0.15) is 0 Å². The van der Waals surface area contributed by atoms with Gasteiger partial charge in [-0.1, -0.05) is 12.1 Å². The number of benzene rings is 1. The normalized spacial score (nSPS) is 28.1. The first-order valence-electron chi connectivity index (χ1n) is 6.70. The maximum Gasteiger partial charge on any atom is 0.252 e. The molecule has 19 heavy (non-hydrogen) atoms. The number of carbonyl (C=O) groups is 1. The molecule has 4 rings (SSSR count). The Kier molecular flexibility index (Phi) is 2.32. The smallest absolute Gasteiger partial charge is 0.252 e. The summed E-state index contributed by atoms with van der Waals surface area (Å²) in [5, 5.41) is 7.41. The van der Waals surface area contributed by atoms with Crippen molar-refractivity contribution < 1.29 is 4.79 Å². The van der Waals surface area contributed by atoms with Gasteiger partial charge in [0, 0.05) is 36.3 Å². The Bertz CT molecular complexity index is 639. The van der Waals surface area contributed by atoms with Crippen molar-refractivity contribution in [3.05, 3.63) is 42.1 Å². The number of amides is 1. The molecule has 2 aliphatic rings. The Balaban J connectivity index is 1.61. The Morgan fingerprint density at radius 2 is 2.05 bits per heavy atom. The molecule has 1 aliphatic heterocycles. The summed E-state index contributed by atoms with van der Waals surface area (Å²) in [4.78, 5) is 16.7. The van der Waals surface area contributed by atoms with E-state index in [2.05, 4.69) is 15.6 Å². The number of pyridine rings is 1. The minimum absolute atomic E-state index is 0.0259. The number of carbonyl (C=O) groups excluding carboxylic acids is 1. The summed E-state index contributed by atoms with van der Waals surface area (Å²) in [5.41, 5.74) is 1.59. The van der Waals surface area contributed by atoms with Crippen molar-refractivity contribution in [3.63, 3.8) is 0 Å². The Morgan fingerprint density at radius 3 is 2.89 bits per heavy atom. The van der Waals surface area contributed by atoms with E-state index in [9.17, 15) is 4.79 Å².